The molecule has 0 aliphatic heterocycles. The minimum Gasteiger partial charge on any atom is -0.358 e. The van der Waals surface area contributed by atoms with Crippen LogP contribution in [0.2, 0.25) is 0 Å². The Morgan fingerprint density at radius 3 is 0.762 bits per heavy atom. The summed E-state index contributed by atoms with van der Waals surface area (Å²) in [6.45, 7) is 4.67. The largest absolute Gasteiger partial charge is 1.00 e. The molecule has 0 aliphatic carbocycles. The number of hydrogen-bond donors (Lipinski definition) is 2. The van der Waals surface area contributed by atoms with Crippen LogP contribution in [0.1, 0.15) is 63.3 Å². The average molecular weight is 441 g/mol. The fourth-order valence-electron chi connectivity index (χ4n) is 0. The van der Waals surface area contributed by atoms with Crippen LogP contribution in [-0.2, 0) is 0 Å². The second-order valence-electron chi connectivity index (χ2n) is 0. The molecule has 4 N–H and O–H groups in total. The fourth-order valence-corrected chi connectivity index (χ4v) is 0. The van der Waals surface area contributed by atoms with Gasteiger partial charge in [0.1, 0.15) is 0 Å². The second-order valence-corrected chi connectivity index (χ2v) is 0. The van der Waals surface area contributed by atoms with Gasteiger partial charge in [-0.1, -0.05) is 78.6 Å². The van der Waals surface area contributed by atoms with Gasteiger partial charge in [-0.25, -0.2) is 0 Å². The third-order valence-corrected chi connectivity index (χ3v) is 0. The molecule has 0 rings (SSSR count). The summed E-state index contributed by atoms with van der Waals surface area (Å²) in [6.07, 6.45) is 0. The molecule has 0 saturated carbocycles. The van der Waals surface area contributed by atoms with Crippen LogP contribution in [0.4, 0.5) is 0 Å². The molecule has 0 fully saturated rings. The van der Waals surface area contributed by atoms with Gasteiger partial charge in [0.15, 0.2) is 0 Å². The SMILES string of the molecule is C.C.C.C.C.C.C.CN.CN.CP.CP.[2H+].[2HH].[2HH].[2HH].[2HH].[2HH].[2H]CP.[3H]CP.[CH3-].[K+]. The number of nitrogens with two attached hydrogens (primary N) is 2. The first-order chi connectivity index (χ1) is 6.83. The van der Waals surface area contributed by atoms with Crippen LogP contribution in [0, 0.1) is 7.43 Å². The Bertz CT molecular complexity index is 55.6. The van der Waals surface area contributed by atoms with Crippen LogP contribution in [0.5, 0.6) is 0 Å². The zero-order chi connectivity index (χ0) is 13.4. The van der Waals surface area contributed by atoms with Crippen molar-refractivity contribution in [1.29, 1.82) is 0 Å². The zero-order valence-electron chi connectivity index (χ0n) is 13.9. The molecule has 0 heterocycles. The van der Waals surface area contributed by atoms with E-state index >= 15 is 0 Å². The number of rotatable bonds is 0. The van der Waals surface area contributed by atoms with Crippen LogP contribution in [0.3, 0.4) is 0 Å². The monoisotopic (exact) mass is 440 g/mol. The minimum atomic E-state index is 0. The van der Waals surface area contributed by atoms with Crippen LogP contribution in [0.25, 0.3) is 0 Å². The van der Waals surface area contributed by atoms with Gasteiger partial charge in [-0.3, -0.25) is 0 Å². The summed E-state index contributed by atoms with van der Waals surface area (Å²) in [5.41, 5.74) is 9.00. The molecule has 0 spiro atoms. The summed E-state index contributed by atoms with van der Waals surface area (Å²) < 4.78 is 12.3. The van der Waals surface area contributed by atoms with Crippen molar-refractivity contribution in [2.45, 2.75) is 52.0 Å². The van der Waals surface area contributed by atoms with E-state index in [0.29, 0.717) is 13.3 Å². The molecule has 0 amide bonds. The topological polar surface area (TPSA) is 52.0 Å². The molecule has 0 saturated heterocycles. The van der Waals surface area contributed by atoms with E-state index < -0.39 is 0 Å². The van der Waals surface area contributed by atoms with Crippen molar-refractivity contribution in [1.82, 2.24) is 0 Å². The number of hydrogen-bond acceptors (Lipinski definition) is 2. The first kappa shape index (κ1) is 103. The summed E-state index contributed by atoms with van der Waals surface area (Å²) in [7, 11) is 12.3. The van der Waals surface area contributed by atoms with E-state index in [1.807, 2.05) is 13.3 Å². The minimum absolute atomic E-state index is 0. The summed E-state index contributed by atoms with van der Waals surface area (Å²) >= 11 is 0. The Labute approximate surface area is 209 Å². The quantitative estimate of drug-likeness (QED) is 0.334. The molecule has 21 heavy (non-hydrogen) atoms. The normalized spacial score (nSPS) is 2.95. The van der Waals surface area contributed by atoms with Crippen LogP contribution in [0.15, 0.2) is 0 Å². The maximum absolute atomic E-state index is 6.17. The van der Waals surface area contributed by atoms with Gasteiger partial charge in [0.2, 0.25) is 0 Å². The molecule has 4 atom stereocenters. The maximum Gasteiger partial charge on any atom is 1.00 e. The van der Waals surface area contributed by atoms with Crippen molar-refractivity contribution < 1.29 is 62.7 Å². The Morgan fingerprint density at radius 2 is 0.762 bits per heavy atom. The summed E-state index contributed by atoms with van der Waals surface area (Å²) in [6, 6.07) is 0. The fraction of sp³-hybridized carbons (Fsp3) is 0.929. The zero-order valence-corrected chi connectivity index (χ0v) is 18.6. The molecular weight excluding hydrogens is 359 g/mol. The Balaban J connectivity index is -0.00000000127. The summed E-state index contributed by atoms with van der Waals surface area (Å²) in [4.78, 5) is 0. The first-order valence-electron chi connectivity index (χ1n) is 4.54. The third kappa shape index (κ3) is 982. The van der Waals surface area contributed by atoms with E-state index in [2.05, 4.69) is 48.4 Å². The van der Waals surface area contributed by atoms with Gasteiger partial charge in [-0.05, 0) is 14.1 Å². The molecule has 158 valence electrons. The Hall–Kier alpha value is 3.28. The maximum atomic E-state index is 6.17. The molecule has 0 aliphatic rings. The molecular formula is C14H72KN2P4+. The summed E-state index contributed by atoms with van der Waals surface area (Å²) in [5.74, 6) is 0. The first-order valence-corrected chi connectivity index (χ1v) is 7.07. The molecule has 0 aromatic carbocycles. The molecule has 2 nitrogen and oxygen atoms in total. The standard InChI is InChI=1S/2CH5N.4CH5P.7CH4.CH3.K.5H2/c6*1-2;;;;;;;;;;;;;;/h6*2H2,1H3;7*1H4;1H3;;5*1H/q;;;;;;;;;;;;;-1;+1;;;;;/p+1/i;;1T;1D;;;;;;;;;;;;5*1+1/hD. The third-order valence-electron chi connectivity index (χ3n) is 0. The van der Waals surface area contributed by atoms with Crippen molar-refractivity contribution in [2.24, 2.45) is 11.5 Å². The predicted octanol–water partition coefficient (Wildman–Crippen LogP) is 4.36. The van der Waals surface area contributed by atoms with E-state index in [1.54, 1.807) is 0 Å². The van der Waals surface area contributed by atoms with E-state index in [4.69, 9.17) is 2.74 Å². The molecule has 0 aromatic rings. The van der Waals surface area contributed by atoms with Gasteiger partial charge in [0.25, 0.3) is 0 Å². The van der Waals surface area contributed by atoms with E-state index in [-0.39, 0.29) is 119 Å². The average Bonchev–Trinajstić information content (AvgIpc) is 2.31. The van der Waals surface area contributed by atoms with Gasteiger partial charge in [-0.15, -0.1) is 37.0 Å². The molecule has 0 radical (unpaired) electrons. The Kier molecular flexibility index (Phi) is 5300. The van der Waals surface area contributed by atoms with E-state index in [9.17, 15) is 0 Å². The predicted molar refractivity (Wildman–Crippen MR) is 148 cm³/mol. The molecule has 0 bridgehead atoms. The van der Waals surface area contributed by atoms with Crippen molar-refractivity contribution >= 4 is 37.0 Å². The van der Waals surface area contributed by atoms with E-state index in [0.717, 1.165) is 0 Å². The molecule has 7 heteroatoms. The van der Waals surface area contributed by atoms with Gasteiger partial charge in [-0.2, -0.15) is 0 Å². The Morgan fingerprint density at radius 1 is 0.762 bits per heavy atom. The van der Waals surface area contributed by atoms with Gasteiger partial charge < -0.3 is 18.9 Å². The molecule has 0 aromatic heterocycles. The van der Waals surface area contributed by atoms with Crippen molar-refractivity contribution in [3.05, 3.63) is 7.43 Å². The van der Waals surface area contributed by atoms with Gasteiger partial charge in [0, 0.05) is 9.87 Å². The smallest absolute Gasteiger partial charge is 0.358 e. The van der Waals surface area contributed by atoms with Gasteiger partial charge >= 0.3 is 52.8 Å². The van der Waals surface area contributed by atoms with Crippen LogP contribution >= 0.6 is 37.0 Å². The van der Waals surface area contributed by atoms with Crippen LogP contribution < -0.4 is 62.9 Å². The van der Waals surface area contributed by atoms with Crippen molar-refractivity contribution in [3.63, 3.8) is 0 Å². The van der Waals surface area contributed by atoms with Gasteiger partial charge in [0.05, 0.1) is 0 Å². The van der Waals surface area contributed by atoms with E-state index in [1.165, 1.54) is 14.1 Å². The van der Waals surface area contributed by atoms with Crippen LogP contribution in [-0.4, -0.2) is 40.7 Å². The molecule has 4 unspecified atom stereocenters. The second kappa shape index (κ2) is 1080. The van der Waals surface area contributed by atoms with Crippen molar-refractivity contribution in [2.75, 3.05) is 40.7 Å². The van der Waals surface area contributed by atoms with Crippen molar-refractivity contribution in [3.8, 4) is 0 Å². The summed E-state index contributed by atoms with van der Waals surface area (Å²) in [5, 5.41) is 0.